The molecule has 0 aliphatic carbocycles. The van der Waals surface area contributed by atoms with E-state index in [9.17, 15) is 9.59 Å². The molecule has 6 rings (SSSR count). The largest absolute Gasteiger partial charge is 0.443 e. The normalized spacial score (nSPS) is 16.8. The van der Waals surface area contributed by atoms with E-state index >= 15 is 0 Å². The zero-order valence-electron chi connectivity index (χ0n) is 25.5. The van der Waals surface area contributed by atoms with Gasteiger partial charge in [-0.1, -0.05) is 6.07 Å². The Morgan fingerprint density at radius 2 is 2.00 bits per heavy atom. The summed E-state index contributed by atoms with van der Waals surface area (Å²) in [7, 11) is 5.96. The Morgan fingerprint density at radius 3 is 2.72 bits per heavy atom. The molecule has 0 saturated carbocycles. The van der Waals surface area contributed by atoms with Crippen molar-refractivity contribution in [3.8, 4) is 11.3 Å². The van der Waals surface area contributed by atoms with E-state index in [1.807, 2.05) is 50.1 Å². The Balaban J connectivity index is 1.43. The fourth-order valence-corrected chi connectivity index (χ4v) is 5.78. The first-order chi connectivity index (χ1) is 20.5. The van der Waals surface area contributed by atoms with Crippen LogP contribution in [-0.4, -0.2) is 74.2 Å². The quantitative estimate of drug-likeness (QED) is 0.326. The van der Waals surface area contributed by atoms with Crippen LogP contribution in [0.3, 0.4) is 0 Å². The summed E-state index contributed by atoms with van der Waals surface area (Å²) >= 11 is 0. The van der Waals surface area contributed by atoms with Crippen LogP contribution in [0, 0.1) is 0 Å². The van der Waals surface area contributed by atoms with E-state index in [-0.39, 0.29) is 6.54 Å². The fourth-order valence-electron chi connectivity index (χ4n) is 5.78. The van der Waals surface area contributed by atoms with E-state index in [0.29, 0.717) is 47.4 Å². The minimum atomic E-state index is -0.755. The van der Waals surface area contributed by atoms with Gasteiger partial charge in [-0.05, 0) is 65.0 Å². The number of amides is 2. The van der Waals surface area contributed by atoms with E-state index < -0.39 is 17.6 Å². The summed E-state index contributed by atoms with van der Waals surface area (Å²) in [5, 5.41) is 4.26. The van der Waals surface area contributed by atoms with Gasteiger partial charge < -0.3 is 24.3 Å². The summed E-state index contributed by atoms with van der Waals surface area (Å²) in [4.78, 5) is 44.7. The molecular weight excluding hydrogens is 546 g/mol. The number of anilines is 2. The summed E-state index contributed by atoms with van der Waals surface area (Å²) in [6.45, 7) is 7.47. The van der Waals surface area contributed by atoms with Crippen molar-refractivity contribution in [1.82, 2.24) is 29.3 Å². The lowest BCUT2D eigenvalue weighted by atomic mass is 9.96. The van der Waals surface area contributed by atoms with Gasteiger partial charge in [0.05, 0.1) is 42.0 Å². The first kappa shape index (κ1) is 28.8. The lowest BCUT2D eigenvalue weighted by Gasteiger charge is -2.23. The van der Waals surface area contributed by atoms with Crippen molar-refractivity contribution in [2.24, 2.45) is 7.05 Å². The Kier molecular flexibility index (Phi) is 7.39. The van der Waals surface area contributed by atoms with Crippen molar-refractivity contribution in [1.29, 1.82) is 0 Å². The zero-order valence-corrected chi connectivity index (χ0v) is 25.5. The number of carbonyl (C=O) groups is 2. The summed E-state index contributed by atoms with van der Waals surface area (Å²) < 4.78 is 13.2. The number of ether oxygens (including phenoxy) is 2. The predicted molar refractivity (Wildman–Crippen MR) is 163 cm³/mol. The number of pyridine rings is 3. The fraction of sp³-hybridized carbons (Fsp3) is 0.406. The van der Waals surface area contributed by atoms with Gasteiger partial charge in [0.25, 0.3) is 5.91 Å². The van der Waals surface area contributed by atoms with Crippen molar-refractivity contribution in [3.05, 3.63) is 65.2 Å². The molecule has 0 aromatic carbocycles. The van der Waals surface area contributed by atoms with Crippen molar-refractivity contribution in [3.63, 3.8) is 0 Å². The van der Waals surface area contributed by atoms with Gasteiger partial charge in [0.2, 0.25) is 0 Å². The number of aromatic nitrogens is 4. The zero-order chi connectivity index (χ0) is 30.5. The molecule has 0 bridgehead atoms. The molecular formula is C32H37N7O4. The van der Waals surface area contributed by atoms with Crippen molar-refractivity contribution in [2.75, 3.05) is 32.6 Å². The molecule has 11 nitrogen and oxygen atoms in total. The minimum absolute atomic E-state index is 0.0392. The van der Waals surface area contributed by atoms with Crippen molar-refractivity contribution >= 4 is 34.5 Å². The molecule has 2 amide bonds. The van der Waals surface area contributed by atoms with Crippen molar-refractivity contribution < 1.29 is 19.1 Å². The second-order valence-corrected chi connectivity index (χ2v) is 12.4. The molecule has 1 atom stereocenters. The highest BCUT2D eigenvalue weighted by Crippen LogP contribution is 2.39. The van der Waals surface area contributed by atoms with E-state index in [2.05, 4.69) is 21.3 Å². The van der Waals surface area contributed by atoms with Crippen molar-refractivity contribution in [2.45, 2.75) is 51.8 Å². The lowest BCUT2D eigenvalue weighted by Crippen LogP contribution is -2.37. The number of fused-ring (bicyclic) bond motifs is 2. The van der Waals surface area contributed by atoms with E-state index in [1.54, 1.807) is 33.2 Å². The maximum atomic E-state index is 13.9. The van der Waals surface area contributed by atoms with Crippen LogP contribution in [-0.2, 0) is 29.6 Å². The molecule has 0 unspecified atom stereocenters. The molecule has 1 fully saturated rings. The monoisotopic (exact) mass is 583 g/mol. The number of aryl methyl sites for hydroxylation is 1. The highest BCUT2D eigenvalue weighted by Gasteiger charge is 2.39. The third kappa shape index (κ3) is 5.57. The summed E-state index contributed by atoms with van der Waals surface area (Å²) in [5.74, 6) is 0.456. The van der Waals surface area contributed by atoms with Crippen LogP contribution in [0.25, 0.3) is 22.3 Å². The second kappa shape index (κ2) is 11.1. The maximum absolute atomic E-state index is 13.9. The van der Waals surface area contributed by atoms with E-state index in [1.165, 1.54) is 5.56 Å². The Labute approximate surface area is 250 Å². The predicted octanol–water partition coefficient (Wildman–Crippen LogP) is 5.23. The van der Waals surface area contributed by atoms with E-state index in [0.717, 1.165) is 40.2 Å². The number of rotatable bonds is 6. The molecule has 43 heavy (non-hydrogen) atoms. The number of carbonyl (C=O) groups excluding carboxylic acids is 2. The number of nitrogens with zero attached hydrogens (tertiary/aromatic N) is 6. The second-order valence-electron chi connectivity index (χ2n) is 12.4. The van der Waals surface area contributed by atoms with Gasteiger partial charge in [-0.3, -0.25) is 9.78 Å². The molecule has 6 heterocycles. The topological polar surface area (TPSA) is 115 Å². The minimum Gasteiger partial charge on any atom is -0.443 e. The summed E-state index contributed by atoms with van der Waals surface area (Å²) in [5.41, 5.74) is 5.13. The molecule has 4 aromatic heterocycles. The molecule has 0 radical (unpaired) electrons. The number of nitrogens with one attached hydrogen (secondary N) is 1. The van der Waals surface area contributed by atoms with Gasteiger partial charge in [-0.25, -0.2) is 19.7 Å². The summed E-state index contributed by atoms with van der Waals surface area (Å²) in [6, 6.07) is 7.88. The molecule has 224 valence electrons. The molecule has 0 spiro atoms. The average molecular weight is 584 g/mol. The first-order valence-electron chi connectivity index (χ1n) is 14.5. The van der Waals surface area contributed by atoms with Crippen LogP contribution in [0.1, 0.15) is 60.3 Å². The highest BCUT2D eigenvalue weighted by molar-refractivity contribution is 6.12. The lowest BCUT2D eigenvalue weighted by molar-refractivity contribution is 0.0248. The van der Waals surface area contributed by atoms with Gasteiger partial charge >= 0.3 is 6.09 Å². The van der Waals surface area contributed by atoms with Crippen LogP contribution in [0.2, 0.25) is 0 Å². The van der Waals surface area contributed by atoms with Crippen LogP contribution in [0.4, 0.5) is 16.3 Å². The first-order valence-corrected chi connectivity index (χ1v) is 14.5. The number of hydrogen-bond acceptors (Lipinski definition) is 9. The standard InChI is InChI=1S/C32H37N7O4/c1-32(2,3)43-31(41)39-16-23-27(30(39)40)24(15-34-28(23)21-9-12-33-29-22(21)10-13-38(29)6)35-26-8-7-20(19-11-14-42-18-19)25(36-26)17-37(4)5/h7-10,12-13,15,19H,11,14,16-18H2,1-6H3,(H,35,36)/t19-/m1/s1. The molecule has 2 aliphatic rings. The number of hydrogen-bond donors (Lipinski definition) is 1. The van der Waals surface area contributed by atoms with Crippen LogP contribution >= 0.6 is 0 Å². The SMILES string of the molecule is CN(C)Cc1nc(Nc2cnc(-c3ccnc4c3ccn4C)c3c2C(=O)N(C(=O)OC(C)(C)C)C3)ccc1[C@@H]1CCOC1. The molecule has 11 heteroatoms. The third-order valence-corrected chi connectivity index (χ3v) is 7.70. The Hall–Kier alpha value is -4.35. The number of imide groups is 1. The molecule has 2 aliphatic heterocycles. The smallest absolute Gasteiger partial charge is 0.417 e. The molecule has 1 N–H and O–H groups in total. The van der Waals surface area contributed by atoms with Gasteiger partial charge in [-0.15, -0.1) is 0 Å². The molecule has 1 saturated heterocycles. The van der Waals surface area contributed by atoms with Crippen LogP contribution in [0.5, 0.6) is 0 Å². The summed E-state index contributed by atoms with van der Waals surface area (Å²) in [6.07, 6.45) is 5.58. The van der Waals surface area contributed by atoms with Crippen LogP contribution < -0.4 is 5.32 Å². The van der Waals surface area contributed by atoms with Gasteiger partial charge in [0, 0.05) is 55.0 Å². The highest BCUT2D eigenvalue weighted by atomic mass is 16.6. The maximum Gasteiger partial charge on any atom is 0.417 e. The van der Waals surface area contributed by atoms with Crippen LogP contribution in [0.15, 0.2) is 42.9 Å². The van der Waals surface area contributed by atoms with Gasteiger partial charge in [0.1, 0.15) is 17.1 Å². The van der Waals surface area contributed by atoms with E-state index in [4.69, 9.17) is 19.4 Å². The Bertz CT molecular complexity index is 1720. The van der Waals surface area contributed by atoms with Gasteiger partial charge in [-0.2, -0.15) is 0 Å². The Morgan fingerprint density at radius 1 is 1.19 bits per heavy atom. The van der Waals surface area contributed by atoms with Gasteiger partial charge in [0.15, 0.2) is 0 Å². The molecule has 4 aromatic rings. The third-order valence-electron chi connectivity index (χ3n) is 7.70. The average Bonchev–Trinajstić information content (AvgIpc) is 3.68.